The second-order valence-electron chi connectivity index (χ2n) is 2.91. The van der Waals surface area contributed by atoms with E-state index in [1.807, 2.05) is 0 Å². The van der Waals surface area contributed by atoms with Crippen molar-refractivity contribution in [3.05, 3.63) is 22.8 Å². The molecule has 0 saturated carbocycles. The summed E-state index contributed by atoms with van der Waals surface area (Å²) in [5.74, 6) is 0.890. The fourth-order valence-electron chi connectivity index (χ4n) is 1.05. The van der Waals surface area contributed by atoms with Crippen LogP contribution >= 0.6 is 67.8 Å². The molecule has 0 unspecified atom stereocenters. The largest absolute Gasteiger partial charge is 0.486 e. The maximum absolute atomic E-state index is 5.70. The minimum atomic E-state index is -0.328. The quantitative estimate of drug-likeness (QED) is 0.408. The predicted molar refractivity (Wildman–Crippen MR) is 87.9 cm³/mol. The molecular formula is C10H11I3O3. The van der Waals surface area contributed by atoms with Crippen LogP contribution in [0.2, 0.25) is 0 Å². The van der Waals surface area contributed by atoms with E-state index in [1.54, 1.807) is 14.2 Å². The molecule has 1 rings (SSSR count). The fourth-order valence-corrected chi connectivity index (χ4v) is 4.94. The molecule has 90 valence electrons. The first-order valence-corrected chi connectivity index (χ1v) is 7.65. The monoisotopic (exact) mass is 560 g/mol. The predicted octanol–water partition coefficient (Wildman–Crippen LogP) is 3.50. The molecule has 0 fully saturated rings. The number of rotatable bonds is 5. The topological polar surface area (TPSA) is 27.7 Å². The first-order valence-electron chi connectivity index (χ1n) is 4.41. The number of methoxy groups -OCH3 is 2. The van der Waals surface area contributed by atoms with Crippen LogP contribution in [0.4, 0.5) is 0 Å². The van der Waals surface area contributed by atoms with Crippen LogP contribution in [0, 0.1) is 10.7 Å². The van der Waals surface area contributed by atoms with Gasteiger partial charge in [-0.2, -0.15) is 0 Å². The van der Waals surface area contributed by atoms with E-state index in [4.69, 9.17) is 14.2 Å². The van der Waals surface area contributed by atoms with Crippen molar-refractivity contribution < 1.29 is 14.2 Å². The molecule has 0 N–H and O–H groups in total. The third-order valence-electron chi connectivity index (χ3n) is 1.85. The van der Waals surface area contributed by atoms with Gasteiger partial charge in [0.25, 0.3) is 0 Å². The third-order valence-corrected chi connectivity index (χ3v) is 4.08. The summed E-state index contributed by atoms with van der Waals surface area (Å²) in [6, 6.07) is 4.15. The van der Waals surface area contributed by atoms with Gasteiger partial charge in [0.05, 0.1) is 7.14 Å². The van der Waals surface area contributed by atoms with Crippen molar-refractivity contribution in [1.82, 2.24) is 0 Å². The van der Waals surface area contributed by atoms with Crippen molar-refractivity contribution in [1.29, 1.82) is 0 Å². The van der Waals surface area contributed by atoms with Crippen LogP contribution in [0.25, 0.3) is 0 Å². The molecule has 1 aromatic carbocycles. The third kappa shape index (κ3) is 4.42. The molecule has 0 radical (unpaired) electrons. The van der Waals surface area contributed by atoms with Gasteiger partial charge in [0.1, 0.15) is 12.4 Å². The molecular weight excluding hydrogens is 549 g/mol. The van der Waals surface area contributed by atoms with E-state index in [9.17, 15) is 0 Å². The van der Waals surface area contributed by atoms with E-state index in [2.05, 4.69) is 79.9 Å². The Morgan fingerprint density at radius 1 is 1.06 bits per heavy atom. The molecule has 0 heterocycles. The summed E-state index contributed by atoms with van der Waals surface area (Å²) >= 11 is 6.82. The highest BCUT2D eigenvalue weighted by Crippen LogP contribution is 2.29. The summed E-state index contributed by atoms with van der Waals surface area (Å²) in [5.41, 5.74) is 0. The minimum Gasteiger partial charge on any atom is -0.486 e. The Morgan fingerprint density at radius 3 is 2.00 bits per heavy atom. The smallest absolute Gasteiger partial charge is 0.191 e. The van der Waals surface area contributed by atoms with Crippen LogP contribution in [0.15, 0.2) is 12.1 Å². The molecule has 0 aliphatic carbocycles. The van der Waals surface area contributed by atoms with Crippen molar-refractivity contribution in [2.45, 2.75) is 6.29 Å². The summed E-state index contributed by atoms with van der Waals surface area (Å²) in [7, 11) is 3.20. The van der Waals surface area contributed by atoms with Crippen LogP contribution in [0.5, 0.6) is 5.75 Å². The van der Waals surface area contributed by atoms with E-state index in [-0.39, 0.29) is 6.29 Å². The van der Waals surface area contributed by atoms with Gasteiger partial charge in [-0.15, -0.1) is 0 Å². The Kier molecular flexibility index (Phi) is 7.16. The van der Waals surface area contributed by atoms with Crippen LogP contribution < -0.4 is 4.74 Å². The summed E-state index contributed by atoms with van der Waals surface area (Å²) < 4.78 is 19.2. The maximum Gasteiger partial charge on any atom is 0.191 e. The molecule has 16 heavy (non-hydrogen) atoms. The highest BCUT2D eigenvalue weighted by molar-refractivity contribution is 14.1. The summed E-state index contributed by atoms with van der Waals surface area (Å²) in [6.45, 7) is 0.388. The zero-order valence-electron chi connectivity index (χ0n) is 8.80. The number of hydrogen-bond donors (Lipinski definition) is 0. The molecule has 0 atom stereocenters. The van der Waals surface area contributed by atoms with Gasteiger partial charge in [0, 0.05) is 17.8 Å². The molecule has 0 saturated heterocycles. The number of ether oxygens (including phenoxy) is 3. The Morgan fingerprint density at radius 2 is 1.56 bits per heavy atom. The van der Waals surface area contributed by atoms with Crippen molar-refractivity contribution in [3.8, 4) is 5.75 Å². The highest BCUT2D eigenvalue weighted by atomic mass is 127. The molecule has 6 heteroatoms. The summed E-state index contributed by atoms with van der Waals surface area (Å²) in [4.78, 5) is 0. The lowest BCUT2D eigenvalue weighted by atomic mass is 10.3. The standard InChI is InChI=1S/C10H11I3O3/c1-14-9(15-2)5-16-10-7(12)3-6(11)4-8(10)13/h3-4,9H,5H2,1-2H3. The first kappa shape index (κ1) is 15.2. The van der Waals surface area contributed by atoms with E-state index < -0.39 is 0 Å². The van der Waals surface area contributed by atoms with E-state index >= 15 is 0 Å². The molecule has 0 amide bonds. The van der Waals surface area contributed by atoms with Crippen LogP contribution in [-0.4, -0.2) is 27.1 Å². The molecule has 0 aromatic heterocycles. The van der Waals surface area contributed by atoms with Crippen molar-refractivity contribution in [2.75, 3.05) is 20.8 Å². The van der Waals surface area contributed by atoms with E-state index in [0.717, 1.165) is 12.9 Å². The molecule has 0 bridgehead atoms. The number of benzene rings is 1. The lowest BCUT2D eigenvalue weighted by Crippen LogP contribution is -2.22. The van der Waals surface area contributed by atoms with Gasteiger partial charge in [-0.1, -0.05) is 0 Å². The van der Waals surface area contributed by atoms with Gasteiger partial charge in [0.15, 0.2) is 6.29 Å². The Labute approximate surface area is 136 Å². The normalized spacial score (nSPS) is 10.9. The Bertz CT molecular complexity index is 330. The van der Waals surface area contributed by atoms with Crippen LogP contribution in [0.3, 0.4) is 0 Å². The van der Waals surface area contributed by atoms with Gasteiger partial charge in [0.2, 0.25) is 0 Å². The maximum atomic E-state index is 5.70. The second kappa shape index (κ2) is 7.54. The molecule has 3 nitrogen and oxygen atoms in total. The minimum absolute atomic E-state index is 0.328. The fraction of sp³-hybridized carbons (Fsp3) is 0.400. The average molecular weight is 560 g/mol. The zero-order chi connectivity index (χ0) is 12.1. The van der Waals surface area contributed by atoms with Gasteiger partial charge >= 0.3 is 0 Å². The number of halogens is 3. The van der Waals surface area contributed by atoms with Gasteiger partial charge in [-0.3, -0.25) is 0 Å². The lowest BCUT2D eigenvalue weighted by Gasteiger charge is -2.16. The van der Waals surface area contributed by atoms with Crippen molar-refractivity contribution in [2.24, 2.45) is 0 Å². The van der Waals surface area contributed by atoms with Gasteiger partial charge in [-0.05, 0) is 79.9 Å². The van der Waals surface area contributed by atoms with Crippen molar-refractivity contribution >= 4 is 67.8 Å². The lowest BCUT2D eigenvalue weighted by molar-refractivity contribution is -0.122. The van der Waals surface area contributed by atoms with E-state index in [1.165, 1.54) is 3.57 Å². The van der Waals surface area contributed by atoms with Gasteiger partial charge in [-0.25, -0.2) is 0 Å². The van der Waals surface area contributed by atoms with Crippen LogP contribution in [0.1, 0.15) is 0 Å². The highest BCUT2D eigenvalue weighted by Gasteiger charge is 2.11. The Hall–Kier alpha value is 1.13. The first-order chi connectivity index (χ1) is 7.58. The van der Waals surface area contributed by atoms with Crippen molar-refractivity contribution in [3.63, 3.8) is 0 Å². The molecule has 0 aliphatic rings. The zero-order valence-corrected chi connectivity index (χ0v) is 15.3. The van der Waals surface area contributed by atoms with Gasteiger partial charge < -0.3 is 14.2 Å². The molecule has 0 aliphatic heterocycles. The molecule has 1 aromatic rings. The Balaban J connectivity index is 2.74. The second-order valence-corrected chi connectivity index (χ2v) is 6.48. The summed E-state index contributed by atoms with van der Waals surface area (Å²) in [6.07, 6.45) is -0.328. The molecule has 0 spiro atoms. The average Bonchev–Trinajstić information content (AvgIpc) is 2.22. The van der Waals surface area contributed by atoms with E-state index in [0.29, 0.717) is 6.61 Å². The number of hydrogen-bond acceptors (Lipinski definition) is 3. The van der Waals surface area contributed by atoms with Crippen LogP contribution in [-0.2, 0) is 9.47 Å². The SMILES string of the molecule is COC(COc1c(I)cc(I)cc1I)OC. The summed E-state index contributed by atoms with van der Waals surface area (Å²) in [5, 5.41) is 0.